The van der Waals surface area contributed by atoms with E-state index in [0.29, 0.717) is 5.22 Å². The summed E-state index contributed by atoms with van der Waals surface area (Å²) in [5, 5.41) is 3.71. The fraction of sp³-hybridized carbons (Fsp3) is 0.333. The quantitative estimate of drug-likeness (QED) is 0.931. The van der Waals surface area contributed by atoms with E-state index < -0.39 is 0 Å². The van der Waals surface area contributed by atoms with Gasteiger partial charge in [0.05, 0.1) is 18.9 Å². The third kappa shape index (κ3) is 2.24. The summed E-state index contributed by atoms with van der Waals surface area (Å²) in [6.45, 7) is 0.777. The molecule has 0 amide bonds. The molecule has 2 heterocycles. The lowest BCUT2D eigenvalue weighted by atomic mass is 9.95. The highest BCUT2D eigenvalue weighted by atomic mass is 35.5. The van der Waals surface area contributed by atoms with E-state index in [1.54, 1.807) is 6.26 Å². The fourth-order valence-corrected chi connectivity index (χ4v) is 2.85. The first kappa shape index (κ1) is 12.6. The molecule has 1 aromatic carbocycles. The molecule has 0 radical (unpaired) electrons. The predicted octanol–water partition coefficient (Wildman–Crippen LogP) is 3.57. The Bertz CT molecular complexity index is 579. The molecule has 0 saturated heterocycles. The van der Waals surface area contributed by atoms with Crippen molar-refractivity contribution in [1.29, 1.82) is 0 Å². The van der Waals surface area contributed by atoms with E-state index in [1.165, 1.54) is 5.56 Å². The number of hydrogen-bond acceptors (Lipinski definition) is 3. The molecule has 1 unspecified atom stereocenters. The summed E-state index contributed by atoms with van der Waals surface area (Å²) < 4.78 is 11.1. The number of ether oxygens (including phenoxy) is 1. The molecule has 0 saturated carbocycles. The zero-order valence-corrected chi connectivity index (χ0v) is 11.5. The van der Waals surface area contributed by atoms with Crippen LogP contribution in [0.5, 0.6) is 5.75 Å². The second-order valence-electron chi connectivity index (χ2n) is 4.66. The van der Waals surface area contributed by atoms with Crippen LogP contribution in [0.4, 0.5) is 0 Å². The first-order valence-corrected chi connectivity index (χ1v) is 6.84. The van der Waals surface area contributed by atoms with Crippen LogP contribution < -0.4 is 10.1 Å². The zero-order chi connectivity index (χ0) is 13.2. The van der Waals surface area contributed by atoms with Crippen molar-refractivity contribution in [2.24, 2.45) is 0 Å². The van der Waals surface area contributed by atoms with Crippen LogP contribution in [0.25, 0.3) is 0 Å². The molecular weight excluding hydrogens is 262 g/mol. The van der Waals surface area contributed by atoms with Gasteiger partial charge in [0.15, 0.2) is 5.22 Å². The van der Waals surface area contributed by atoms with Gasteiger partial charge in [-0.25, -0.2) is 0 Å². The molecule has 1 atom stereocenters. The lowest BCUT2D eigenvalue weighted by Crippen LogP contribution is -2.20. The SMILES string of the molecule is CNC(c1ccoc1Cl)c1cccc2c1OCCC2. The Hall–Kier alpha value is -1.45. The Kier molecular flexibility index (Phi) is 3.49. The van der Waals surface area contributed by atoms with Gasteiger partial charge in [0.2, 0.25) is 0 Å². The lowest BCUT2D eigenvalue weighted by Gasteiger charge is -2.24. The van der Waals surface area contributed by atoms with Crippen molar-refractivity contribution in [3.63, 3.8) is 0 Å². The van der Waals surface area contributed by atoms with E-state index >= 15 is 0 Å². The van der Waals surface area contributed by atoms with Gasteiger partial charge < -0.3 is 14.5 Å². The van der Waals surface area contributed by atoms with Crippen molar-refractivity contribution in [1.82, 2.24) is 5.32 Å². The van der Waals surface area contributed by atoms with Crippen molar-refractivity contribution in [3.05, 3.63) is 52.4 Å². The Balaban J connectivity index is 2.07. The first-order chi connectivity index (χ1) is 9.31. The summed E-state index contributed by atoms with van der Waals surface area (Å²) in [5.41, 5.74) is 3.32. The minimum Gasteiger partial charge on any atom is -0.493 e. The third-order valence-corrected chi connectivity index (χ3v) is 3.83. The normalized spacial score (nSPS) is 15.7. The monoisotopic (exact) mass is 277 g/mol. The van der Waals surface area contributed by atoms with Crippen LogP contribution in [-0.2, 0) is 6.42 Å². The predicted molar refractivity (Wildman–Crippen MR) is 74.9 cm³/mol. The Morgan fingerprint density at radius 1 is 1.26 bits per heavy atom. The number of hydrogen-bond donors (Lipinski definition) is 1. The highest BCUT2D eigenvalue weighted by Gasteiger charge is 2.23. The summed E-state index contributed by atoms with van der Waals surface area (Å²) in [7, 11) is 1.91. The minimum atomic E-state index is -0.0145. The van der Waals surface area contributed by atoms with E-state index in [9.17, 15) is 0 Å². The molecule has 1 aliphatic rings. The van der Waals surface area contributed by atoms with Gasteiger partial charge in [-0.15, -0.1) is 0 Å². The van der Waals surface area contributed by atoms with Crippen molar-refractivity contribution in [2.45, 2.75) is 18.9 Å². The third-order valence-electron chi connectivity index (χ3n) is 3.52. The largest absolute Gasteiger partial charge is 0.493 e. The summed E-state index contributed by atoms with van der Waals surface area (Å²) in [6.07, 6.45) is 3.75. The average Bonchev–Trinajstić information content (AvgIpc) is 2.86. The van der Waals surface area contributed by atoms with Crippen molar-refractivity contribution >= 4 is 11.6 Å². The fourth-order valence-electron chi connectivity index (χ4n) is 2.63. The van der Waals surface area contributed by atoms with Gasteiger partial charge >= 0.3 is 0 Å². The Labute approximate surface area is 117 Å². The van der Waals surface area contributed by atoms with Crippen LogP contribution in [0, 0.1) is 0 Å². The van der Waals surface area contributed by atoms with Crippen LogP contribution in [0.2, 0.25) is 5.22 Å². The summed E-state index contributed by atoms with van der Waals surface area (Å²) in [4.78, 5) is 0. The van der Waals surface area contributed by atoms with Crippen molar-refractivity contribution in [3.8, 4) is 5.75 Å². The smallest absolute Gasteiger partial charge is 0.198 e. The second kappa shape index (κ2) is 5.27. The molecule has 3 nitrogen and oxygen atoms in total. The molecular formula is C15H16ClNO2. The Morgan fingerprint density at radius 3 is 2.89 bits per heavy atom. The zero-order valence-electron chi connectivity index (χ0n) is 10.8. The molecule has 19 heavy (non-hydrogen) atoms. The van der Waals surface area contributed by atoms with Gasteiger partial charge in [-0.1, -0.05) is 18.2 Å². The molecule has 0 aliphatic carbocycles. The molecule has 2 aromatic rings. The van der Waals surface area contributed by atoms with Gasteiger partial charge in [0.25, 0.3) is 0 Å². The van der Waals surface area contributed by atoms with E-state index in [0.717, 1.165) is 36.3 Å². The topological polar surface area (TPSA) is 34.4 Å². The molecule has 100 valence electrons. The molecule has 0 fully saturated rings. The van der Waals surface area contributed by atoms with E-state index in [1.807, 2.05) is 13.1 Å². The number of benzene rings is 1. The number of aryl methyl sites for hydroxylation is 1. The number of fused-ring (bicyclic) bond motifs is 1. The number of halogens is 1. The van der Waals surface area contributed by atoms with Crippen LogP contribution in [-0.4, -0.2) is 13.7 Å². The van der Waals surface area contributed by atoms with Gasteiger partial charge in [-0.05, 0) is 43.1 Å². The molecule has 1 aliphatic heterocycles. The highest BCUT2D eigenvalue weighted by molar-refractivity contribution is 6.29. The maximum absolute atomic E-state index is 6.10. The van der Waals surface area contributed by atoms with Gasteiger partial charge in [-0.3, -0.25) is 0 Å². The van der Waals surface area contributed by atoms with E-state index in [4.69, 9.17) is 20.8 Å². The first-order valence-electron chi connectivity index (χ1n) is 6.46. The average molecular weight is 278 g/mol. The number of furan rings is 1. The lowest BCUT2D eigenvalue weighted by molar-refractivity contribution is 0.283. The van der Waals surface area contributed by atoms with Crippen LogP contribution in [0.1, 0.15) is 29.2 Å². The summed E-state index contributed by atoms with van der Waals surface area (Å²) in [6, 6.07) is 8.16. The van der Waals surface area contributed by atoms with Gasteiger partial charge in [0, 0.05) is 11.1 Å². The molecule has 1 N–H and O–H groups in total. The number of para-hydroxylation sites is 1. The molecule has 0 bridgehead atoms. The maximum atomic E-state index is 6.10. The Morgan fingerprint density at radius 2 is 2.16 bits per heavy atom. The summed E-state index contributed by atoms with van der Waals surface area (Å²) >= 11 is 6.10. The molecule has 0 spiro atoms. The summed E-state index contributed by atoms with van der Waals surface area (Å²) in [5.74, 6) is 0.991. The van der Waals surface area contributed by atoms with Gasteiger partial charge in [-0.2, -0.15) is 0 Å². The maximum Gasteiger partial charge on any atom is 0.198 e. The highest BCUT2D eigenvalue weighted by Crippen LogP contribution is 2.37. The van der Waals surface area contributed by atoms with Crippen LogP contribution in [0.3, 0.4) is 0 Å². The number of nitrogens with one attached hydrogen (secondary N) is 1. The van der Waals surface area contributed by atoms with Crippen LogP contribution >= 0.6 is 11.6 Å². The molecule has 3 rings (SSSR count). The van der Waals surface area contributed by atoms with E-state index in [2.05, 4.69) is 23.5 Å². The van der Waals surface area contributed by atoms with E-state index in [-0.39, 0.29) is 6.04 Å². The minimum absolute atomic E-state index is 0.0145. The number of rotatable bonds is 3. The van der Waals surface area contributed by atoms with Gasteiger partial charge in [0.1, 0.15) is 5.75 Å². The van der Waals surface area contributed by atoms with Crippen LogP contribution in [0.15, 0.2) is 34.9 Å². The molecule has 4 heteroatoms. The second-order valence-corrected chi connectivity index (χ2v) is 5.00. The van der Waals surface area contributed by atoms with Crippen molar-refractivity contribution < 1.29 is 9.15 Å². The standard InChI is InChI=1S/C15H16ClNO2/c1-17-13(12-7-9-19-15(12)16)11-6-2-4-10-5-3-8-18-14(10)11/h2,4,6-7,9,13,17H,3,5,8H2,1H3. The molecule has 1 aromatic heterocycles. The van der Waals surface area contributed by atoms with Crippen molar-refractivity contribution in [2.75, 3.05) is 13.7 Å².